The van der Waals surface area contributed by atoms with Crippen LogP contribution in [0.2, 0.25) is 0 Å². The van der Waals surface area contributed by atoms with Crippen LogP contribution in [0.25, 0.3) is 11.1 Å². The minimum Gasteiger partial charge on any atom is -0.497 e. The summed E-state index contributed by atoms with van der Waals surface area (Å²) in [7, 11) is 1.57. The predicted molar refractivity (Wildman–Crippen MR) is 140 cm³/mol. The third kappa shape index (κ3) is 4.82. The number of rotatable bonds is 7. The van der Waals surface area contributed by atoms with Gasteiger partial charge >= 0.3 is 11.9 Å². The zero-order chi connectivity index (χ0) is 25.9. The first-order valence-electron chi connectivity index (χ1n) is 11.7. The van der Waals surface area contributed by atoms with Crippen molar-refractivity contribution < 1.29 is 28.5 Å². The number of carbonyl (C=O) groups is 2. The van der Waals surface area contributed by atoms with E-state index in [1.807, 2.05) is 24.3 Å². The molecule has 6 heteroatoms. The molecule has 184 valence electrons. The molecule has 0 N–H and O–H groups in total. The highest BCUT2D eigenvalue weighted by Gasteiger charge is 2.27. The van der Waals surface area contributed by atoms with Gasteiger partial charge in [-0.2, -0.15) is 0 Å². The lowest BCUT2D eigenvalue weighted by Crippen LogP contribution is -2.08. The van der Waals surface area contributed by atoms with Gasteiger partial charge in [0.25, 0.3) is 0 Å². The summed E-state index contributed by atoms with van der Waals surface area (Å²) >= 11 is 0. The Labute approximate surface area is 214 Å². The largest absolute Gasteiger partial charge is 0.497 e. The van der Waals surface area contributed by atoms with Gasteiger partial charge in [0.05, 0.1) is 24.5 Å². The highest BCUT2D eigenvalue weighted by Crippen LogP contribution is 2.47. The van der Waals surface area contributed by atoms with E-state index in [-0.39, 0.29) is 5.92 Å². The van der Waals surface area contributed by atoms with Crippen molar-refractivity contribution in [2.24, 2.45) is 0 Å². The van der Waals surface area contributed by atoms with Crippen LogP contribution in [0.3, 0.4) is 0 Å². The average Bonchev–Trinajstić information content (AvgIpc) is 3.20. The fourth-order valence-electron chi connectivity index (χ4n) is 4.41. The number of carbonyl (C=O) groups excluding carboxylic acids is 2. The molecular formula is C31H24O6. The van der Waals surface area contributed by atoms with Crippen LogP contribution in [0.5, 0.6) is 23.0 Å². The van der Waals surface area contributed by atoms with E-state index in [4.69, 9.17) is 18.9 Å². The molecule has 1 aliphatic carbocycles. The molecule has 6 nitrogen and oxygen atoms in total. The van der Waals surface area contributed by atoms with Gasteiger partial charge in [-0.1, -0.05) is 25.6 Å². The van der Waals surface area contributed by atoms with E-state index in [0.717, 1.165) is 22.3 Å². The van der Waals surface area contributed by atoms with E-state index >= 15 is 0 Å². The maximum atomic E-state index is 12.6. The zero-order valence-electron chi connectivity index (χ0n) is 20.4. The Balaban J connectivity index is 1.31. The standard InChI is InChI=1S/C31H24O6/c1-4-35-23-11-7-21(8-12-23)31(33)37-25-14-16-27-26-15-13-24(17-28(26)19(2)29(27)18-25)36-30(32)20-5-9-22(34-3)10-6-20/h4-19H,1H2,2-3H3. The first-order valence-corrected chi connectivity index (χ1v) is 11.7. The molecule has 1 atom stereocenters. The molecule has 0 aliphatic heterocycles. The van der Waals surface area contributed by atoms with Crippen LogP contribution in [0, 0.1) is 0 Å². The van der Waals surface area contributed by atoms with Gasteiger partial charge in [0, 0.05) is 5.92 Å². The lowest BCUT2D eigenvalue weighted by Gasteiger charge is -2.10. The molecule has 4 aromatic rings. The summed E-state index contributed by atoms with van der Waals surface area (Å²) in [5, 5.41) is 0. The predicted octanol–water partition coefficient (Wildman–Crippen LogP) is 6.79. The van der Waals surface area contributed by atoms with E-state index in [0.29, 0.717) is 34.1 Å². The van der Waals surface area contributed by atoms with Crippen molar-refractivity contribution in [3.8, 4) is 34.1 Å². The summed E-state index contributed by atoms with van der Waals surface area (Å²) in [6, 6.07) is 24.7. The topological polar surface area (TPSA) is 71.1 Å². The molecule has 0 bridgehead atoms. The summed E-state index contributed by atoms with van der Waals surface area (Å²) in [6.07, 6.45) is 1.32. The van der Waals surface area contributed by atoms with Gasteiger partial charge in [-0.25, -0.2) is 9.59 Å². The monoisotopic (exact) mass is 492 g/mol. The number of methoxy groups -OCH3 is 1. The molecule has 0 spiro atoms. The Hall–Kier alpha value is -4.84. The normalized spacial score (nSPS) is 13.2. The quantitative estimate of drug-likeness (QED) is 0.161. The van der Waals surface area contributed by atoms with Crippen molar-refractivity contribution in [2.45, 2.75) is 12.8 Å². The first-order chi connectivity index (χ1) is 18.0. The number of benzene rings is 4. The van der Waals surface area contributed by atoms with Crippen LogP contribution in [-0.4, -0.2) is 19.0 Å². The molecule has 0 radical (unpaired) electrons. The van der Waals surface area contributed by atoms with E-state index in [1.165, 1.54) is 6.26 Å². The number of esters is 2. The zero-order valence-corrected chi connectivity index (χ0v) is 20.4. The van der Waals surface area contributed by atoms with E-state index in [2.05, 4.69) is 13.5 Å². The molecule has 0 fully saturated rings. The average molecular weight is 493 g/mol. The lowest BCUT2D eigenvalue weighted by atomic mass is 9.99. The summed E-state index contributed by atoms with van der Waals surface area (Å²) in [5.74, 6) is 1.31. The molecule has 0 heterocycles. The summed E-state index contributed by atoms with van der Waals surface area (Å²) in [5.41, 5.74) is 5.04. The third-order valence-electron chi connectivity index (χ3n) is 6.33. The highest BCUT2D eigenvalue weighted by atomic mass is 16.5. The van der Waals surface area contributed by atoms with Crippen molar-refractivity contribution in [3.63, 3.8) is 0 Å². The smallest absolute Gasteiger partial charge is 0.343 e. The molecule has 1 aliphatic rings. The molecule has 0 saturated heterocycles. The van der Waals surface area contributed by atoms with Crippen LogP contribution in [0.4, 0.5) is 0 Å². The Bertz CT molecular complexity index is 1490. The van der Waals surface area contributed by atoms with Crippen molar-refractivity contribution in [3.05, 3.63) is 120 Å². The molecule has 5 rings (SSSR count). The Morgan fingerprint density at radius 1 is 0.676 bits per heavy atom. The molecule has 0 aromatic heterocycles. The fourth-order valence-corrected chi connectivity index (χ4v) is 4.41. The number of ether oxygens (including phenoxy) is 4. The third-order valence-corrected chi connectivity index (χ3v) is 6.33. The van der Waals surface area contributed by atoms with Crippen molar-refractivity contribution >= 4 is 11.9 Å². The summed E-state index contributed by atoms with van der Waals surface area (Å²) in [6.45, 7) is 5.59. The molecular weight excluding hydrogens is 468 g/mol. The molecule has 0 amide bonds. The Kier molecular flexibility index (Phi) is 6.47. The van der Waals surface area contributed by atoms with Gasteiger partial charge in [0.15, 0.2) is 0 Å². The highest BCUT2D eigenvalue weighted by molar-refractivity contribution is 5.92. The lowest BCUT2D eigenvalue weighted by molar-refractivity contribution is 0.0725. The van der Waals surface area contributed by atoms with Gasteiger partial charge in [-0.3, -0.25) is 0 Å². The minimum atomic E-state index is -0.457. The van der Waals surface area contributed by atoms with Crippen molar-refractivity contribution in [2.75, 3.05) is 7.11 Å². The second-order valence-electron chi connectivity index (χ2n) is 8.54. The number of fused-ring (bicyclic) bond motifs is 3. The van der Waals surface area contributed by atoms with Gasteiger partial charge in [-0.05, 0) is 95.1 Å². The van der Waals surface area contributed by atoms with E-state index in [1.54, 1.807) is 67.8 Å². The number of hydrogen-bond acceptors (Lipinski definition) is 6. The molecule has 4 aromatic carbocycles. The van der Waals surface area contributed by atoms with E-state index < -0.39 is 11.9 Å². The second kappa shape index (κ2) is 10.0. The summed E-state index contributed by atoms with van der Waals surface area (Å²) in [4.78, 5) is 25.3. The maximum absolute atomic E-state index is 12.6. The van der Waals surface area contributed by atoms with Crippen LogP contribution in [0.15, 0.2) is 97.8 Å². The van der Waals surface area contributed by atoms with Crippen molar-refractivity contribution in [1.82, 2.24) is 0 Å². The van der Waals surface area contributed by atoms with Crippen molar-refractivity contribution in [1.29, 1.82) is 0 Å². The molecule has 37 heavy (non-hydrogen) atoms. The minimum absolute atomic E-state index is 0.0265. The van der Waals surface area contributed by atoms with Gasteiger partial charge < -0.3 is 18.9 Å². The maximum Gasteiger partial charge on any atom is 0.343 e. The Morgan fingerprint density at radius 2 is 1.11 bits per heavy atom. The Morgan fingerprint density at radius 3 is 1.54 bits per heavy atom. The second-order valence-corrected chi connectivity index (χ2v) is 8.54. The van der Waals surface area contributed by atoms with Crippen LogP contribution in [-0.2, 0) is 0 Å². The molecule has 1 unspecified atom stereocenters. The fraction of sp³-hybridized carbons (Fsp3) is 0.0968. The van der Waals surface area contributed by atoms with Crippen LogP contribution in [0.1, 0.15) is 44.7 Å². The van der Waals surface area contributed by atoms with Crippen LogP contribution >= 0.6 is 0 Å². The van der Waals surface area contributed by atoms with Crippen LogP contribution < -0.4 is 18.9 Å². The number of hydrogen-bond donors (Lipinski definition) is 0. The van der Waals surface area contributed by atoms with Gasteiger partial charge in [-0.15, -0.1) is 0 Å². The molecule has 0 saturated carbocycles. The first kappa shape index (κ1) is 23.9. The SMILES string of the molecule is C=COc1ccc(C(=O)Oc2ccc3c(c2)C(C)c2cc(OC(=O)c4ccc(OC)cc4)ccc2-3)cc1. The van der Waals surface area contributed by atoms with Gasteiger partial charge in [0.1, 0.15) is 23.0 Å². The van der Waals surface area contributed by atoms with Gasteiger partial charge in [0.2, 0.25) is 0 Å². The summed E-state index contributed by atoms with van der Waals surface area (Å²) < 4.78 is 21.6. The van der Waals surface area contributed by atoms with E-state index in [9.17, 15) is 9.59 Å².